The molecule has 232 valence electrons. The van der Waals surface area contributed by atoms with Crippen LogP contribution in [-0.2, 0) is 19.6 Å². The van der Waals surface area contributed by atoms with E-state index in [0.29, 0.717) is 48.6 Å². The molecule has 0 atom stereocenters. The zero-order chi connectivity index (χ0) is 31.7. The number of carbonyl (C=O) groups is 2. The van der Waals surface area contributed by atoms with Crippen molar-refractivity contribution in [1.29, 1.82) is 10.8 Å². The summed E-state index contributed by atoms with van der Waals surface area (Å²) >= 11 is 0. The van der Waals surface area contributed by atoms with Crippen molar-refractivity contribution in [1.82, 2.24) is 9.80 Å². The minimum atomic E-state index is -4.23. The minimum Gasteiger partial charge on any atom is -0.489 e. The number of esters is 1. The molecule has 4 N–H and O–H groups in total. The number of piperidine rings is 1. The van der Waals surface area contributed by atoms with Crippen LogP contribution < -0.4 is 14.8 Å². The Morgan fingerprint density at radius 3 is 2.42 bits per heavy atom. The molecular formula is C30H40N6O6S. The Kier molecular flexibility index (Phi) is 11.3. The highest BCUT2D eigenvalue weighted by molar-refractivity contribution is 7.93. The molecule has 1 amide bonds. The summed E-state index contributed by atoms with van der Waals surface area (Å²) in [5.41, 5.74) is 7.17. The van der Waals surface area contributed by atoms with Crippen molar-refractivity contribution in [3.8, 4) is 5.75 Å². The van der Waals surface area contributed by atoms with Crippen LogP contribution in [0.15, 0.2) is 48.5 Å². The van der Waals surface area contributed by atoms with Gasteiger partial charge in [-0.25, -0.2) is 8.42 Å². The van der Waals surface area contributed by atoms with Crippen LogP contribution in [0, 0.1) is 10.8 Å². The molecule has 2 aromatic carbocycles. The number of hydrogen-bond acceptors (Lipinski definition) is 8. The third kappa shape index (κ3) is 9.05. The van der Waals surface area contributed by atoms with Gasteiger partial charge in [0.1, 0.15) is 17.7 Å². The number of nitrogens with zero attached hydrogens (tertiary/aromatic N) is 3. The van der Waals surface area contributed by atoms with Crippen molar-refractivity contribution in [2.75, 3.05) is 50.4 Å². The van der Waals surface area contributed by atoms with Crippen LogP contribution in [-0.4, -0.2) is 94.0 Å². The smallest absolute Gasteiger partial charge is 0.323 e. The maximum Gasteiger partial charge on any atom is 0.323 e. The zero-order valence-corrected chi connectivity index (χ0v) is 25.8. The first-order chi connectivity index (χ1) is 20.3. The van der Waals surface area contributed by atoms with E-state index in [0.717, 1.165) is 4.31 Å². The van der Waals surface area contributed by atoms with Crippen molar-refractivity contribution < 1.29 is 27.5 Å². The topological polar surface area (TPSA) is 170 Å². The van der Waals surface area contributed by atoms with Gasteiger partial charge >= 0.3 is 5.97 Å². The van der Waals surface area contributed by atoms with Gasteiger partial charge in [-0.3, -0.25) is 24.7 Å². The summed E-state index contributed by atoms with van der Waals surface area (Å²) in [6.07, 6.45) is 4.46. The number of anilines is 1. The standard InChI is InChI=1S/C30H40N6O6S/c1-5-41-28(37)20-43(39,40)36(15-7-9-22-8-6-10-23(18-22)29(32)33)24-11-12-27(26(19-24)30(38)34(3)4)42-25-13-16-35(17-14-25)21(2)31/h6-12,18-19,25,31H,5,13-17,20H2,1-4H3,(H3,32,33)/b9-7+,31-21?. The van der Waals surface area contributed by atoms with E-state index in [2.05, 4.69) is 0 Å². The highest BCUT2D eigenvalue weighted by Gasteiger charge is 2.29. The molecule has 13 heteroatoms. The van der Waals surface area contributed by atoms with Gasteiger partial charge in [0.2, 0.25) is 10.0 Å². The van der Waals surface area contributed by atoms with Gasteiger partial charge in [-0.2, -0.15) is 0 Å². The Bertz CT molecular complexity index is 1480. The average molecular weight is 613 g/mol. The fourth-order valence-corrected chi connectivity index (χ4v) is 5.86. The van der Waals surface area contributed by atoms with Gasteiger partial charge in [0, 0.05) is 45.6 Å². The molecule has 2 aromatic rings. The van der Waals surface area contributed by atoms with Gasteiger partial charge in [-0.1, -0.05) is 30.4 Å². The molecule has 0 bridgehead atoms. The maximum absolute atomic E-state index is 13.5. The van der Waals surface area contributed by atoms with E-state index < -0.39 is 21.7 Å². The lowest BCUT2D eigenvalue weighted by Gasteiger charge is -2.33. The lowest BCUT2D eigenvalue weighted by atomic mass is 10.1. The van der Waals surface area contributed by atoms with Crippen molar-refractivity contribution >= 4 is 45.3 Å². The number of nitrogen functional groups attached to an aromatic ring is 1. The molecule has 0 aliphatic carbocycles. The van der Waals surface area contributed by atoms with Crippen LogP contribution >= 0.6 is 0 Å². The fourth-order valence-electron chi connectivity index (χ4n) is 4.58. The molecule has 1 saturated heterocycles. The van der Waals surface area contributed by atoms with Gasteiger partial charge in [0.25, 0.3) is 5.91 Å². The number of amides is 1. The Hall–Kier alpha value is -4.39. The van der Waals surface area contributed by atoms with E-state index in [9.17, 15) is 18.0 Å². The molecule has 12 nitrogen and oxygen atoms in total. The van der Waals surface area contributed by atoms with E-state index in [1.54, 1.807) is 76.5 Å². The Morgan fingerprint density at radius 1 is 1.12 bits per heavy atom. The third-order valence-electron chi connectivity index (χ3n) is 6.82. The first kappa shape index (κ1) is 33.1. The second kappa shape index (κ2) is 14.7. The van der Waals surface area contributed by atoms with E-state index >= 15 is 0 Å². The Morgan fingerprint density at radius 2 is 1.81 bits per heavy atom. The number of ether oxygens (including phenoxy) is 2. The molecule has 3 rings (SSSR count). The number of rotatable bonds is 12. The van der Waals surface area contributed by atoms with Crippen LogP contribution in [0.3, 0.4) is 0 Å². The number of nitrogens with two attached hydrogens (primary N) is 1. The van der Waals surface area contributed by atoms with Crippen LogP contribution in [0.2, 0.25) is 0 Å². The highest BCUT2D eigenvalue weighted by Crippen LogP contribution is 2.30. The maximum atomic E-state index is 13.5. The molecule has 0 aromatic heterocycles. The average Bonchev–Trinajstić information content (AvgIpc) is 2.95. The van der Waals surface area contributed by atoms with E-state index in [1.807, 2.05) is 4.90 Å². The van der Waals surface area contributed by atoms with Crippen LogP contribution in [0.25, 0.3) is 6.08 Å². The summed E-state index contributed by atoms with van der Waals surface area (Å²) in [5.74, 6) is -1.41. The second-order valence-electron chi connectivity index (χ2n) is 10.3. The predicted octanol–water partition coefficient (Wildman–Crippen LogP) is 2.93. The van der Waals surface area contributed by atoms with Crippen LogP contribution in [0.5, 0.6) is 5.75 Å². The van der Waals surface area contributed by atoms with Crippen molar-refractivity contribution in [3.63, 3.8) is 0 Å². The van der Waals surface area contributed by atoms with E-state index in [-0.39, 0.29) is 42.2 Å². The summed E-state index contributed by atoms with van der Waals surface area (Å²) < 4.78 is 39.2. The lowest BCUT2D eigenvalue weighted by molar-refractivity contribution is -0.139. The summed E-state index contributed by atoms with van der Waals surface area (Å²) in [4.78, 5) is 28.8. The van der Waals surface area contributed by atoms with Crippen molar-refractivity contribution in [3.05, 3.63) is 65.2 Å². The van der Waals surface area contributed by atoms with Crippen LogP contribution in [0.4, 0.5) is 5.69 Å². The van der Waals surface area contributed by atoms with Gasteiger partial charge in [0.05, 0.1) is 30.2 Å². The molecular weight excluding hydrogens is 572 g/mol. The molecule has 0 unspecified atom stereocenters. The molecule has 0 saturated carbocycles. The second-order valence-corrected chi connectivity index (χ2v) is 12.2. The SMILES string of the molecule is CCOC(=O)CS(=O)(=O)N(C/C=C/c1cccc(C(=N)N)c1)c1ccc(OC2CCN(C(C)=N)CC2)c(C(=O)N(C)C)c1. The van der Waals surface area contributed by atoms with Gasteiger partial charge in [-0.05, 0) is 43.7 Å². The quantitative estimate of drug-likeness (QED) is 0.187. The normalized spacial score (nSPS) is 13.9. The number of hydrogen-bond donors (Lipinski definition) is 3. The fraction of sp³-hybridized carbons (Fsp3) is 0.400. The van der Waals surface area contributed by atoms with Crippen molar-refractivity contribution in [2.24, 2.45) is 5.73 Å². The lowest BCUT2D eigenvalue weighted by Crippen LogP contribution is -2.40. The highest BCUT2D eigenvalue weighted by atomic mass is 32.2. The molecule has 43 heavy (non-hydrogen) atoms. The number of benzene rings is 2. The molecule has 1 aliphatic rings. The largest absolute Gasteiger partial charge is 0.489 e. The first-order valence-corrected chi connectivity index (χ1v) is 15.5. The summed E-state index contributed by atoms with van der Waals surface area (Å²) in [7, 11) is -1.04. The van der Waals surface area contributed by atoms with E-state index in [1.165, 1.54) is 11.0 Å². The molecule has 0 spiro atoms. The monoisotopic (exact) mass is 612 g/mol. The number of amidine groups is 2. The predicted molar refractivity (Wildman–Crippen MR) is 167 cm³/mol. The van der Waals surface area contributed by atoms with Crippen LogP contribution in [0.1, 0.15) is 48.2 Å². The van der Waals surface area contributed by atoms with Gasteiger partial charge in [0.15, 0.2) is 5.75 Å². The Balaban J connectivity index is 1.97. The number of nitrogens with one attached hydrogen (secondary N) is 2. The van der Waals surface area contributed by atoms with Gasteiger partial charge < -0.3 is 25.0 Å². The number of carbonyl (C=O) groups excluding carboxylic acids is 2. The molecule has 0 radical (unpaired) electrons. The Labute approximate surface area is 253 Å². The minimum absolute atomic E-state index is 0.0343. The first-order valence-electron chi connectivity index (χ1n) is 13.9. The summed E-state index contributed by atoms with van der Waals surface area (Å²) in [6, 6.07) is 11.5. The molecule has 1 aliphatic heterocycles. The van der Waals surface area contributed by atoms with Crippen molar-refractivity contribution in [2.45, 2.75) is 32.8 Å². The number of likely N-dealkylation sites (tertiary alicyclic amines) is 1. The zero-order valence-electron chi connectivity index (χ0n) is 25.0. The van der Waals surface area contributed by atoms with Gasteiger partial charge in [-0.15, -0.1) is 0 Å². The third-order valence-corrected chi connectivity index (χ3v) is 8.45. The van der Waals surface area contributed by atoms with E-state index in [4.69, 9.17) is 26.0 Å². The molecule has 1 fully saturated rings. The summed E-state index contributed by atoms with van der Waals surface area (Å²) in [6.45, 7) is 4.55. The summed E-state index contributed by atoms with van der Waals surface area (Å²) in [5, 5.41) is 15.5. The molecule has 1 heterocycles. The number of sulfonamides is 1.